The second-order valence-electron chi connectivity index (χ2n) is 6.17. The van der Waals surface area contributed by atoms with Gasteiger partial charge in [-0.2, -0.15) is 0 Å². The number of nitrogens with zero attached hydrogens (tertiary/aromatic N) is 1. The van der Waals surface area contributed by atoms with Crippen LogP contribution in [0.3, 0.4) is 0 Å². The van der Waals surface area contributed by atoms with Gasteiger partial charge in [0, 0.05) is 25.7 Å². The van der Waals surface area contributed by atoms with Crippen LogP contribution in [0.1, 0.15) is 23.6 Å². The van der Waals surface area contributed by atoms with Crippen molar-refractivity contribution in [1.29, 1.82) is 0 Å². The standard InChI is InChI=1S/C20H26N2O/c1-23-19-11-9-17(10-12-19)6-5-14-22-15-13-21-20(16-22)18-7-3-2-4-8-18/h2-4,7-12,20-21H,5-6,13-16H2,1H3. The van der Waals surface area contributed by atoms with Crippen molar-refractivity contribution in [1.82, 2.24) is 10.2 Å². The highest BCUT2D eigenvalue weighted by molar-refractivity contribution is 5.27. The lowest BCUT2D eigenvalue weighted by Crippen LogP contribution is -2.46. The van der Waals surface area contributed by atoms with E-state index in [2.05, 4.69) is 52.7 Å². The van der Waals surface area contributed by atoms with Gasteiger partial charge in [0.15, 0.2) is 0 Å². The van der Waals surface area contributed by atoms with Crippen LogP contribution in [0.15, 0.2) is 54.6 Å². The molecule has 1 unspecified atom stereocenters. The largest absolute Gasteiger partial charge is 0.497 e. The SMILES string of the molecule is COc1ccc(CCCN2CCNC(c3ccccc3)C2)cc1. The normalized spacial score (nSPS) is 18.7. The zero-order valence-electron chi connectivity index (χ0n) is 13.9. The molecule has 1 saturated heterocycles. The lowest BCUT2D eigenvalue weighted by atomic mass is 10.0. The molecule has 3 heteroatoms. The fraction of sp³-hybridized carbons (Fsp3) is 0.400. The summed E-state index contributed by atoms with van der Waals surface area (Å²) in [6, 6.07) is 19.7. The molecule has 1 atom stereocenters. The molecule has 0 aliphatic carbocycles. The Morgan fingerprint density at radius 1 is 1.09 bits per heavy atom. The number of piperazine rings is 1. The van der Waals surface area contributed by atoms with Crippen molar-refractivity contribution in [2.45, 2.75) is 18.9 Å². The third-order valence-electron chi connectivity index (χ3n) is 4.56. The zero-order valence-corrected chi connectivity index (χ0v) is 13.9. The van der Waals surface area contributed by atoms with E-state index >= 15 is 0 Å². The first-order valence-corrected chi connectivity index (χ1v) is 8.49. The van der Waals surface area contributed by atoms with Crippen LogP contribution in [0.2, 0.25) is 0 Å². The first-order valence-electron chi connectivity index (χ1n) is 8.49. The summed E-state index contributed by atoms with van der Waals surface area (Å²) in [6.45, 7) is 4.48. The average Bonchev–Trinajstić information content (AvgIpc) is 2.63. The maximum absolute atomic E-state index is 5.21. The molecule has 0 aromatic heterocycles. The fourth-order valence-electron chi connectivity index (χ4n) is 3.22. The third-order valence-corrected chi connectivity index (χ3v) is 4.56. The van der Waals surface area contributed by atoms with Crippen LogP contribution in [0.5, 0.6) is 5.75 Å². The summed E-state index contributed by atoms with van der Waals surface area (Å²) >= 11 is 0. The monoisotopic (exact) mass is 310 g/mol. The molecule has 3 rings (SSSR count). The van der Waals surface area contributed by atoms with Crippen LogP contribution in [0, 0.1) is 0 Å². The molecule has 1 N–H and O–H groups in total. The molecule has 1 fully saturated rings. The highest BCUT2D eigenvalue weighted by Crippen LogP contribution is 2.18. The molecular weight excluding hydrogens is 284 g/mol. The van der Waals surface area contributed by atoms with Gasteiger partial charge < -0.3 is 15.0 Å². The van der Waals surface area contributed by atoms with Crippen molar-refractivity contribution in [3.05, 3.63) is 65.7 Å². The molecule has 23 heavy (non-hydrogen) atoms. The third kappa shape index (κ3) is 4.57. The highest BCUT2D eigenvalue weighted by atomic mass is 16.5. The van der Waals surface area contributed by atoms with E-state index in [4.69, 9.17) is 4.74 Å². The highest BCUT2D eigenvalue weighted by Gasteiger charge is 2.19. The minimum atomic E-state index is 0.464. The number of aryl methyl sites for hydroxylation is 1. The minimum absolute atomic E-state index is 0.464. The first kappa shape index (κ1) is 16.0. The van der Waals surface area contributed by atoms with Crippen molar-refractivity contribution in [3.8, 4) is 5.75 Å². The number of ether oxygens (including phenoxy) is 1. The van der Waals surface area contributed by atoms with E-state index < -0.39 is 0 Å². The molecule has 0 bridgehead atoms. The minimum Gasteiger partial charge on any atom is -0.497 e. The molecule has 122 valence electrons. The Morgan fingerprint density at radius 2 is 1.87 bits per heavy atom. The molecule has 1 aliphatic heterocycles. The second kappa shape index (κ2) is 8.14. The summed E-state index contributed by atoms with van der Waals surface area (Å²) in [6.07, 6.45) is 2.33. The lowest BCUT2D eigenvalue weighted by Gasteiger charge is -2.34. The Labute approximate surface area is 139 Å². The molecule has 0 radical (unpaired) electrons. The van der Waals surface area contributed by atoms with Crippen LogP contribution >= 0.6 is 0 Å². The molecule has 0 amide bonds. The molecule has 0 saturated carbocycles. The van der Waals surface area contributed by atoms with E-state index in [1.54, 1.807) is 7.11 Å². The van der Waals surface area contributed by atoms with Gasteiger partial charge in [0.1, 0.15) is 5.75 Å². The molecule has 2 aromatic rings. The fourth-order valence-corrected chi connectivity index (χ4v) is 3.22. The molecule has 2 aromatic carbocycles. The number of rotatable bonds is 6. The van der Waals surface area contributed by atoms with Crippen molar-refractivity contribution in [2.75, 3.05) is 33.3 Å². The summed E-state index contributed by atoms with van der Waals surface area (Å²) in [5.41, 5.74) is 2.79. The predicted molar refractivity (Wildman–Crippen MR) is 94.9 cm³/mol. The molecule has 3 nitrogen and oxygen atoms in total. The van der Waals surface area contributed by atoms with Gasteiger partial charge in [0.05, 0.1) is 7.11 Å². The Bertz CT molecular complexity index is 582. The van der Waals surface area contributed by atoms with E-state index in [0.29, 0.717) is 6.04 Å². The molecular formula is C20H26N2O. The van der Waals surface area contributed by atoms with E-state index in [1.807, 2.05) is 12.1 Å². The number of nitrogens with one attached hydrogen (secondary N) is 1. The van der Waals surface area contributed by atoms with E-state index in [9.17, 15) is 0 Å². The van der Waals surface area contributed by atoms with Crippen LogP contribution in [-0.2, 0) is 6.42 Å². The summed E-state index contributed by atoms with van der Waals surface area (Å²) in [4.78, 5) is 2.58. The quantitative estimate of drug-likeness (QED) is 0.886. The van der Waals surface area contributed by atoms with Crippen molar-refractivity contribution in [3.63, 3.8) is 0 Å². The summed E-state index contributed by atoms with van der Waals surface area (Å²) in [5, 5.41) is 3.63. The Kier molecular flexibility index (Phi) is 5.67. The molecule has 1 aliphatic rings. The number of methoxy groups -OCH3 is 1. The van der Waals surface area contributed by atoms with Gasteiger partial charge in [0.25, 0.3) is 0 Å². The van der Waals surface area contributed by atoms with Crippen LogP contribution in [0.4, 0.5) is 0 Å². The van der Waals surface area contributed by atoms with Gasteiger partial charge in [-0.25, -0.2) is 0 Å². The van der Waals surface area contributed by atoms with Crippen LogP contribution in [-0.4, -0.2) is 38.2 Å². The van der Waals surface area contributed by atoms with E-state index in [0.717, 1.165) is 38.3 Å². The van der Waals surface area contributed by atoms with Crippen molar-refractivity contribution >= 4 is 0 Å². The smallest absolute Gasteiger partial charge is 0.118 e. The average molecular weight is 310 g/mol. The molecule has 1 heterocycles. The zero-order chi connectivity index (χ0) is 15.9. The number of hydrogen-bond donors (Lipinski definition) is 1. The van der Waals surface area contributed by atoms with Crippen LogP contribution in [0.25, 0.3) is 0 Å². The maximum atomic E-state index is 5.21. The van der Waals surface area contributed by atoms with E-state index in [1.165, 1.54) is 17.5 Å². The summed E-state index contributed by atoms with van der Waals surface area (Å²) in [5.74, 6) is 0.932. The van der Waals surface area contributed by atoms with Gasteiger partial charge in [0.2, 0.25) is 0 Å². The van der Waals surface area contributed by atoms with Gasteiger partial charge in [-0.15, -0.1) is 0 Å². The summed E-state index contributed by atoms with van der Waals surface area (Å²) < 4.78 is 5.21. The lowest BCUT2D eigenvalue weighted by molar-refractivity contribution is 0.199. The van der Waals surface area contributed by atoms with Crippen molar-refractivity contribution in [2.24, 2.45) is 0 Å². The first-order chi connectivity index (χ1) is 11.3. The van der Waals surface area contributed by atoms with Gasteiger partial charge in [-0.05, 0) is 42.6 Å². The predicted octanol–water partition coefficient (Wildman–Crippen LogP) is 3.27. The topological polar surface area (TPSA) is 24.5 Å². The number of hydrogen-bond acceptors (Lipinski definition) is 3. The maximum Gasteiger partial charge on any atom is 0.118 e. The summed E-state index contributed by atoms with van der Waals surface area (Å²) in [7, 11) is 1.71. The Morgan fingerprint density at radius 3 is 2.61 bits per heavy atom. The Hall–Kier alpha value is -1.84. The second-order valence-corrected chi connectivity index (χ2v) is 6.17. The molecule has 0 spiro atoms. The Balaban J connectivity index is 1.46. The van der Waals surface area contributed by atoms with E-state index in [-0.39, 0.29) is 0 Å². The van der Waals surface area contributed by atoms with Gasteiger partial charge in [-0.3, -0.25) is 0 Å². The van der Waals surface area contributed by atoms with Gasteiger partial charge >= 0.3 is 0 Å². The number of benzene rings is 2. The van der Waals surface area contributed by atoms with Gasteiger partial charge in [-0.1, -0.05) is 42.5 Å². The van der Waals surface area contributed by atoms with Crippen LogP contribution < -0.4 is 10.1 Å². The van der Waals surface area contributed by atoms with Crippen molar-refractivity contribution < 1.29 is 4.74 Å².